The number of para-hydroxylation sites is 1. The molecule has 106 valence electrons. The second-order valence-electron chi connectivity index (χ2n) is 4.00. The highest BCUT2D eigenvalue weighted by molar-refractivity contribution is 7.94. The first-order valence-corrected chi connectivity index (χ1v) is 7.77. The van der Waals surface area contributed by atoms with E-state index in [1.807, 2.05) is 0 Å². The number of benzene rings is 1. The smallest absolute Gasteiger partial charge is 0.336 e. The molecule has 0 saturated carbocycles. The summed E-state index contributed by atoms with van der Waals surface area (Å²) in [7, 11) is -4.01. The number of carboxylic acids is 1. The Morgan fingerprint density at radius 2 is 2.10 bits per heavy atom. The Kier molecular flexibility index (Phi) is 3.78. The van der Waals surface area contributed by atoms with Crippen LogP contribution in [0.4, 0.5) is 10.1 Å². The third kappa shape index (κ3) is 2.81. The molecule has 0 unspecified atom stereocenters. The first-order chi connectivity index (χ1) is 9.31. The maximum atomic E-state index is 13.6. The number of thiophene rings is 1. The first kappa shape index (κ1) is 14.5. The van der Waals surface area contributed by atoms with Crippen molar-refractivity contribution in [3.8, 4) is 0 Å². The lowest BCUT2D eigenvalue weighted by molar-refractivity contribution is 0.0697. The Morgan fingerprint density at radius 1 is 1.40 bits per heavy atom. The lowest BCUT2D eigenvalue weighted by Crippen LogP contribution is -2.13. The lowest BCUT2D eigenvalue weighted by Gasteiger charge is -2.09. The molecule has 0 fully saturated rings. The molecule has 8 heteroatoms. The van der Waals surface area contributed by atoms with E-state index in [2.05, 4.69) is 4.72 Å². The van der Waals surface area contributed by atoms with Crippen LogP contribution in [-0.4, -0.2) is 19.5 Å². The molecule has 5 nitrogen and oxygen atoms in total. The van der Waals surface area contributed by atoms with Gasteiger partial charge < -0.3 is 5.11 Å². The largest absolute Gasteiger partial charge is 0.478 e. The van der Waals surface area contributed by atoms with Crippen molar-refractivity contribution in [3.63, 3.8) is 0 Å². The maximum Gasteiger partial charge on any atom is 0.336 e. The molecule has 0 spiro atoms. The monoisotopic (exact) mass is 315 g/mol. The molecule has 2 rings (SSSR count). The fraction of sp³-hybridized carbons (Fsp3) is 0.0833. The van der Waals surface area contributed by atoms with E-state index < -0.39 is 21.8 Å². The minimum absolute atomic E-state index is 0.124. The highest BCUT2D eigenvalue weighted by Crippen LogP contribution is 2.26. The number of carbonyl (C=O) groups is 1. The van der Waals surface area contributed by atoms with Crippen molar-refractivity contribution >= 4 is 33.0 Å². The Morgan fingerprint density at radius 3 is 2.65 bits per heavy atom. The van der Waals surface area contributed by atoms with Gasteiger partial charge in [0.2, 0.25) is 0 Å². The summed E-state index contributed by atoms with van der Waals surface area (Å²) in [4.78, 5) is 10.7. The number of hydrogen-bond acceptors (Lipinski definition) is 4. The number of hydrogen-bond donors (Lipinski definition) is 2. The number of nitrogens with one attached hydrogen (secondary N) is 1. The van der Waals surface area contributed by atoms with Gasteiger partial charge in [-0.25, -0.2) is 17.6 Å². The molecule has 2 N–H and O–H groups in total. The van der Waals surface area contributed by atoms with E-state index >= 15 is 0 Å². The molecule has 1 aromatic heterocycles. The van der Waals surface area contributed by atoms with Gasteiger partial charge in [-0.15, -0.1) is 11.3 Å². The fourth-order valence-electron chi connectivity index (χ4n) is 1.52. The van der Waals surface area contributed by atoms with Gasteiger partial charge in [-0.2, -0.15) is 0 Å². The molecule has 1 heterocycles. The molecule has 0 saturated heterocycles. The van der Waals surface area contributed by atoms with Gasteiger partial charge in [0.15, 0.2) is 0 Å². The summed E-state index contributed by atoms with van der Waals surface area (Å²) in [5.74, 6) is -1.91. The van der Waals surface area contributed by atoms with Crippen molar-refractivity contribution in [2.45, 2.75) is 11.1 Å². The molecule has 0 radical (unpaired) electrons. The molecule has 0 aliphatic rings. The molecule has 0 aliphatic heterocycles. The molecule has 2 aromatic rings. The Labute approximate surface area is 118 Å². The van der Waals surface area contributed by atoms with E-state index in [1.54, 1.807) is 13.0 Å². The molecule has 0 atom stereocenters. The summed E-state index contributed by atoms with van der Waals surface area (Å²) in [5.41, 5.74) is 0.169. The minimum atomic E-state index is -4.01. The average molecular weight is 315 g/mol. The average Bonchev–Trinajstić information content (AvgIpc) is 2.84. The molecule has 20 heavy (non-hydrogen) atoms. The molecule has 0 amide bonds. The predicted octanol–water partition coefficient (Wildman–Crippen LogP) is 2.69. The number of aromatic carboxylic acids is 1. The Hall–Kier alpha value is -1.93. The van der Waals surface area contributed by atoms with Gasteiger partial charge in [-0.3, -0.25) is 4.72 Å². The second kappa shape index (κ2) is 5.22. The molecule has 1 aromatic carbocycles. The number of rotatable bonds is 4. The summed E-state index contributed by atoms with van der Waals surface area (Å²) in [5, 5.41) is 9.99. The van der Waals surface area contributed by atoms with E-state index in [1.165, 1.54) is 11.4 Å². The highest BCUT2D eigenvalue weighted by atomic mass is 32.2. The summed E-state index contributed by atoms with van der Waals surface area (Å²) in [6.45, 7) is 1.57. The van der Waals surface area contributed by atoms with Crippen molar-refractivity contribution in [3.05, 3.63) is 46.6 Å². The minimum Gasteiger partial charge on any atom is -0.478 e. The van der Waals surface area contributed by atoms with Crippen molar-refractivity contribution in [1.29, 1.82) is 0 Å². The zero-order valence-corrected chi connectivity index (χ0v) is 11.9. The zero-order valence-electron chi connectivity index (χ0n) is 10.3. The normalized spacial score (nSPS) is 11.3. The van der Waals surface area contributed by atoms with Crippen LogP contribution in [0.2, 0.25) is 0 Å². The topological polar surface area (TPSA) is 83.5 Å². The van der Waals surface area contributed by atoms with E-state index in [-0.39, 0.29) is 15.5 Å². The van der Waals surface area contributed by atoms with E-state index in [0.29, 0.717) is 5.56 Å². The predicted molar refractivity (Wildman–Crippen MR) is 73.2 cm³/mol. The van der Waals surface area contributed by atoms with Crippen LogP contribution in [0.3, 0.4) is 0 Å². The van der Waals surface area contributed by atoms with Crippen molar-refractivity contribution in [2.75, 3.05) is 4.72 Å². The third-order valence-electron chi connectivity index (χ3n) is 2.55. The third-order valence-corrected chi connectivity index (χ3v) is 5.33. The summed E-state index contributed by atoms with van der Waals surface area (Å²) >= 11 is 0.762. The van der Waals surface area contributed by atoms with Gasteiger partial charge in [0.05, 0.1) is 11.3 Å². The number of halogens is 1. The number of anilines is 1. The van der Waals surface area contributed by atoms with Gasteiger partial charge in [-0.1, -0.05) is 12.1 Å². The van der Waals surface area contributed by atoms with Crippen molar-refractivity contribution in [1.82, 2.24) is 0 Å². The van der Waals surface area contributed by atoms with Crippen LogP contribution in [0.1, 0.15) is 15.9 Å². The van der Waals surface area contributed by atoms with Crippen LogP contribution in [0.15, 0.2) is 33.9 Å². The molecule has 0 aliphatic carbocycles. The number of carboxylic acid groups (broad SMARTS) is 1. The van der Waals surface area contributed by atoms with E-state index in [4.69, 9.17) is 5.11 Å². The molecular weight excluding hydrogens is 305 g/mol. The van der Waals surface area contributed by atoms with Crippen LogP contribution < -0.4 is 4.72 Å². The van der Waals surface area contributed by atoms with Crippen molar-refractivity contribution in [2.24, 2.45) is 0 Å². The van der Waals surface area contributed by atoms with Crippen LogP contribution in [-0.2, 0) is 10.0 Å². The molecular formula is C12H10FNO4S2. The molecule has 0 bridgehead atoms. The van der Waals surface area contributed by atoms with Gasteiger partial charge in [-0.05, 0) is 24.6 Å². The standard InChI is InChI=1S/C12H10FNO4S2/c1-7-3-2-4-9(13)11(7)14-20(17,18)10-5-8(6-19-10)12(15)16/h2-6,14H,1H3,(H,15,16). The second-order valence-corrected chi connectivity index (χ2v) is 6.82. The van der Waals surface area contributed by atoms with Crippen LogP contribution in [0.5, 0.6) is 0 Å². The summed E-state index contributed by atoms with van der Waals surface area (Å²) in [6, 6.07) is 5.21. The quantitative estimate of drug-likeness (QED) is 0.908. The van der Waals surface area contributed by atoms with E-state index in [9.17, 15) is 17.6 Å². The fourth-order valence-corrected chi connectivity index (χ4v) is 3.81. The Balaban J connectivity index is 2.38. The van der Waals surface area contributed by atoms with Gasteiger partial charge in [0, 0.05) is 5.38 Å². The zero-order chi connectivity index (χ0) is 14.9. The van der Waals surface area contributed by atoms with Gasteiger partial charge >= 0.3 is 5.97 Å². The lowest BCUT2D eigenvalue weighted by atomic mass is 10.2. The van der Waals surface area contributed by atoms with Crippen LogP contribution in [0.25, 0.3) is 0 Å². The van der Waals surface area contributed by atoms with Crippen LogP contribution >= 0.6 is 11.3 Å². The maximum absolute atomic E-state index is 13.6. The number of aryl methyl sites for hydroxylation is 1. The highest BCUT2D eigenvalue weighted by Gasteiger charge is 2.21. The van der Waals surface area contributed by atoms with E-state index in [0.717, 1.165) is 23.5 Å². The number of sulfonamides is 1. The van der Waals surface area contributed by atoms with Gasteiger partial charge in [0.1, 0.15) is 10.0 Å². The van der Waals surface area contributed by atoms with Crippen LogP contribution in [0, 0.1) is 12.7 Å². The summed E-state index contributed by atoms with van der Waals surface area (Å²) in [6.07, 6.45) is 0. The van der Waals surface area contributed by atoms with Gasteiger partial charge in [0.25, 0.3) is 10.0 Å². The SMILES string of the molecule is Cc1cccc(F)c1NS(=O)(=O)c1cc(C(=O)O)cs1. The first-order valence-electron chi connectivity index (χ1n) is 5.41. The Bertz CT molecular complexity index is 747. The van der Waals surface area contributed by atoms with Crippen molar-refractivity contribution < 1.29 is 22.7 Å². The summed E-state index contributed by atoms with van der Waals surface area (Å²) < 4.78 is 39.7.